The summed E-state index contributed by atoms with van der Waals surface area (Å²) in [7, 11) is 0. The standard InChI is InChI=1S/C71H123NO13/c1-3-5-7-9-11-13-15-17-19-21-23-25-26-27-28-29-30-31-32-33-34-35-37-39-41-43-45-47-49-51-53-55-63(76)72-59(60(75)54-52-50-48-46-44-42-40-38-36-24-22-20-18-16-14-12-10-8-6-4-2)58-82-70-68(81)66(79)69(62(57-74)84-70)85-71-67(80)65(78)64(77)61(56-73)83-71/h5,7,11,13,17,19,23,25,27-28,30-31,33-34,37,39,59-62,64-71,73-75,77-81H,3-4,6,8-10,12,14-16,18,20-22,24,26,29,32,35-36,38,40-58H2,1-2H3,(H,72,76)/b7-5-,13-11-,19-17-,25-23-,28-27-,31-30-,34-33-,39-37-. The van der Waals surface area contributed by atoms with Gasteiger partial charge in [0.25, 0.3) is 0 Å². The van der Waals surface area contributed by atoms with Crippen molar-refractivity contribution >= 4 is 5.91 Å². The van der Waals surface area contributed by atoms with Crippen LogP contribution < -0.4 is 5.32 Å². The molecule has 0 spiro atoms. The Morgan fingerprint density at radius 1 is 0.435 bits per heavy atom. The molecule has 85 heavy (non-hydrogen) atoms. The van der Waals surface area contributed by atoms with Crippen molar-refractivity contribution < 1.29 is 64.6 Å². The molecule has 9 N–H and O–H groups in total. The van der Waals surface area contributed by atoms with Crippen molar-refractivity contribution in [2.75, 3.05) is 19.8 Å². The second-order valence-electron chi connectivity index (χ2n) is 23.6. The van der Waals surface area contributed by atoms with Crippen LogP contribution in [0.25, 0.3) is 0 Å². The van der Waals surface area contributed by atoms with Crippen LogP contribution in [0.4, 0.5) is 0 Å². The highest BCUT2D eigenvalue weighted by molar-refractivity contribution is 5.76. The molecule has 0 saturated carbocycles. The molecular formula is C71H123NO13. The van der Waals surface area contributed by atoms with E-state index in [0.29, 0.717) is 12.8 Å². The van der Waals surface area contributed by atoms with Gasteiger partial charge in [-0.25, -0.2) is 0 Å². The number of hydrogen-bond acceptors (Lipinski definition) is 13. The number of amides is 1. The molecule has 0 aliphatic carbocycles. The maximum absolute atomic E-state index is 13.3. The zero-order valence-electron chi connectivity index (χ0n) is 53.1. The van der Waals surface area contributed by atoms with Gasteiger partial charge in [0.2, 0.25) is 5.91 Å². The molecule has 2 saturated heterocycles. The number of aliphatic hydroxyl groups is 8. The molecule has 0 aromatic heterocycles. The number of hydrogen-bond donors (Lipinski definition) is 9. The topological polar surface area (TPSA) is 228 Å². The minimum absolute atomic E-state index is 0.223. The number of aliphatic hydroxyl groups excluding tert-OH is 8. The highest BCUT2D eigenvalue weighted by Gasteiger charge is 2.51. The first-order chi connectivity index (χ1) is 41.6. The molecule has 14 heteroatoms. The summed E-state index contributed by atoms with van der Waals surface area (Å²) in [5.74, 6) is -0.223. The maximum atomic E-state index is 13.3. The molecule has 2 fully saturated rings. The van der Waals surface area contributed by atoms with Crippen LogP contribution in [-0.2, 0) is 23.7 Å². The van der Waals surface area contributed by atoms with Gasteiger partial charge in [-0.05, 0) is 77.0 Å². The first-order valence-electron chi connectivity index (χ1n) is 34.0. The monoisotopic (exact) mass is 1200 g/mol. The van der Waals surface area contributed by atoms with Crippen LogP contribution in [0.15, 0.2) is 97.2 Å². The Kier molecular flexibility index (Phi) is 50.5. The Balaban J connectivity index is 1.70. The maximum Gasteiger partial charge on any atom is 0.220 e. The predicted octanol–water partition coefficient (Wildman–Crippen LogP) is 13.4. The van der Waals surface area contributed by atoms with Gasteiger partial charge in [0.1, 0.15) is 48.8 Å². The van der Waals surface area contributed by atoms with Gasteiger partial charge in [0, 0.05) is 6.42 Å². The lowest BCUT2D eigenvalue weighted by Crippen LogP contribution is -2.65. The van der Waals surface area contributed by atoms with Gasteiger partial charge in [-0.1, -0.05) is 265 Å². The Morgan fingerprint density at radius 2 is 0.812 bits per heavy atom. The van der Waals surface area contributed by atoms with E-state index in [1.807, 2.05) is 0 Å². The van der Waals surface area contributed by atoms with E-state index in [4.69, 9.17) is 18.9 Å². The number of unbranched alkanes of at least 4 members (excludes halogenated alkanes) is 25. The van der Waals surface area contributed by atoms with Crippen LogP contribution in [0, 0.1) is 0 Å². The summed E-state index contributed by atoms with van der Waals surface area (Å²) in [6, 6.07) is -0.845. The summed E-state index contributed by atoms with van der Waals surface area (Å²) in [5.41, 5.74) is 0. The van der Waals surface area contributed by atoms with Crippen molar-refractivity contribution in [3.63, 3.8) is 0 Å². The molecule has 2 rings (SSSR count). The molecule has 0 radical (unpaired) electrons. The average Bonchev–Trinajstić information content (AvgIpc) is 3.68. The van der Waals surface area contributed by atoms with Gasteiger partial charge < -0.3 is 65.1 Å². The molecule has 0 bridgehead atoms. The highest BCUT2D eigenvalue weighted by Crippen LogP contribution is 2.30. The van der Waals surface area contributed by atoms with Crippen LogP contribution in [0.2, 0.25) is 0 Å². The van der Waals surface area contributed by atoms with Crippen molar-refractivity contribution in [1.29, 1.82) is 0 Å². The summed E-state index contributed by atoms with van der Waals surface area (Å²) in [4.78, 5) is 13.3. The molecule has 1 amide bonds. The largest absolute Gasteiger partial charge is 0.394 e. The van der Waals surface area contributed by atoms with E-state index >= 15 is 0 Å². The van der Waals surface area contributed by atoms with E-state index in [1.165, 1.54) is 103 Å². The fourth-order valence-electron chi connectivity index (χ4n) is 10.7. The lowest BCUT2D eigenvalue weighted by molar-refractivity contribution is -0.359. The van der Waals surface area contributed by atoms with Gasteiger partial charge in [-0.15, -0.1) is 0 Å². The van der Waals surface area contributed by atoms with Crippen LogP contribution in [0.1, 0.15) is 251 Å². The quantitative estimate of drug-likeness (QED) is 0.0204. The van der Waals surface area contributed by atoms with E-state index in [0.717, 1.165) is 116 Å². The van der Waals surface area contributed by atoms with Gasteiger partial charge in [0.15, 0.2) is 12.6 Å². The summed E-state index contributed by atoms with van der Waals surface area (Å²) < 4.78 is 22.9. The summed E-state index contributed by atoms with van der Waals surface area (Å²) >= 11 is 0. The van der Waals surface area contributed by atoms with E-state index < -0.39 is 86.8 Å². The molecule has 0 aromatic rings. The number of carbonyl (C=O) groups is 1. The predicted molar refractivity (Wildman–Crippen MR) is 346 cm³/mol. The number of carbonyl (C=O) groups excluding carboxylic acids is 1. The minimum atomic E-state index is -1.79. The van der Waals surface area contributed by atoms with Gasteiger partial charge >= 0.3 is 0 Å². The fraction of sp³-hybridized carbons (Fsp3) is 0.761. The number of nitrogens with one attached hydrogen (secondary N) is 1. The number of ether oxygens (including phenoxy) is 4. The normalized spacial score (nSPS) is 24.2. The number of allylic oxidation sites excluding steroid dienone is 16. The molecule has 2 aliphatic rings. The molecule has 12 unspecified atom stereocenters. The molecule has 2 aliphatic heterocycles. The molecular weight excluding hydrogens is 1070 g/mol. The van der Waals surface area contributed by atoms with E-state index in [2.05, 4.69) is 116 Å². The average molecular weight is 1200 g/mol. The van der Waals surface area contributed by atoms with Crippen LogP contribution in [0.5, 0.6) is 0 Å². The van der Waals surface area contributed by atoms with E-state index in [1.54, 1.807) is 0 Å². The number of rotatable bonds is 54. The molecule has 12 atom stereocenters. The van der Waals surface area contributed by atoms with Crippen molar-refractivity contribution in [3.8, 4) is 0 Å². The zero-order chi connectivity index (χ0) is 61.6. The third-order valence-corrected chi connectivity index (χ3v) is 16.1. The van der Waals surface area contributed by atoms with Crippen LogP contribution in [-0.4, -0.2) is 140 Å². The Hall–Kier alpha value is -3.09. The van der Waals surface area contributed by atoms with Gasteiger partial charge in [-0.3, -0.25) is 4.79 Å². The Labute approximate surface area is 515 Å². The molecule has 14 nitrogen and oxygen atoms in total. The highest BCUT2D eigenvalue weighted by atomic mass is 16.7. The second kappa shape index (κ2) is 55.0. The molecule has 490 valence electrons. The lowest BCUT2D eigenvalue weighted by Gasteiger charge is -2.46. The van der Waals surface area contributed by atoms with Crippen molar-refractivity contribution in [2.24, 2.45) is 0 Å². The van der Waals surface area contributed by atoms with Crippen LogP contribution in [0.3, 0.4) is 0 Å². The summed E-state index contributed by atoms with van der Waals surface area (Å²) in [6.07, 6.45) is 59.7. The van der Waals surface area contributed by atoms with E-state index in [-0.39, 0.29) is 18.9 Å². The second-order valence-corrected chi connectivity index (χ2v) is 23.6. The first kappa shape index (κ1) is 78.0. The minimum Gasteiger partial charge on any atom is -0.394 e. The Morgan fingerprint density at radius 3 is 1.25 bits per heavy atom. The summed E-state index contributed by atoms with van der Waals surface area (Å²) in [5, 5.41) is 87.5. The smallest absolute Gasteiger partial charge is 0.220 e. The molecule has 2 heterocycles. The van der Waals surface area contributed by atoms with Crippen molar-refractivity contribution in [2.45, 2.75) is 325 Å². The first-order valence-corrected chi connectivity index (χ1v) is 34.0. The third kappa shape index (κ3) is 39.5. The summed E-state index contributed by atoms with van der Waals surface area (Å²) in [6.45, 7) is 2.75. The molecule has 0 aromatic carbocycles. The lowest BCUT2D eigenvalue weighted by atomic mass is 9.97. The third-order valence-electron chi connectivity index (χ3n) is 16.1. The zero-order valence-corrected chi connectivity index (χ0v) is 53.1. The Bertz CT molecular complexity index is 1800. The van der Waals surface area contributed by atoms with Crippen molar-refractivity contribution in [3.05, 3.63) is 97.2 Å². The van der Waals surface area contributed by atoms with Crippen molar-refractivity contribution in [1.82, 2.24) is 5.32 Å². The van der Waals surface area contributed by atoms with E-state index in [9.17, 15) is 45.6 Å². The van der Waals surface area contributed by atoms with Gasteiger partial charge in [-0.2, -0.15) is 0 Å². The van der Waals surface area contributed by atoms with Gasteiger partial charge in [0.05, 0.1) is 32.0 Å². The SMILES string of the molecule is CC/C=C\C/C=C\C/C=C\C/C=C\C/C=C\C/C=C\C/C=C\C/C=C\CCCCCCCCC(=O)NC(COC1OC(CO)C(OC2OC(CO)C(O)C(O)C2O)C(O)C1O)C(O)CCCCCCCCCCCCCCCCCCCCCC. The fourth-order valence-corrected chi connectivity index (χ4v) is 10.7. The van der Waals surface area contributed by atoms with Crippen LogP contribution >= 0.6 is 0 Å².